The molecule has 0 aromatic heterocycles. The molecular weight excluding hydrogens is 286 g/mol. The molecule has 3 heteroatoms. The van der Waals surface area contributed by atoms with Crippen LogP contribution < -0.4 is 5.32 Å². The Morgan fingerprint density at radius 1 is 1.50 bits per heavy atom. The fourth-order valence-corrected chi connectivity index (χ4v) is 2.45. The van der Waals surface area contributed by atoms with Crippen molar-refractivity contribution in [2.75, 3.05) is 6.54 Å². The maximum Gasteiger partial charge on any atom is 0.0550 e. The Morgan fingerprint density at radius 3 is 2.88 bits per heavy atom. The highest BCUT2D eigenvalue weighted by atomic mass is 79.9. The second kappa shape index (κ2) is 5.07. The standard InChI is InChI=1S/C13H17BrClN/c1-8(2)16-7-10-5-11(10)9-3-4-12(14)13(15)6-9/h3-4,6,8,10-11,16H,5,7H2,1-2H3. The van der Waals surface area contributed by atoms with Crippen LogP contribution in [0.5, 0.6) is 0 Å². The Hall–Kier alpha value is -0.0500. The highest BCUT2D eigenvalue weighted by Crippen LogP contribution is 2.47. The molecule has 0 heterocycles. The second-order valence-corrected chi connectivity index (χ2v) is 6.10. The van der Waals surface area contributed by atoms with E-state index in [1.807, 2.05) is 6.07 Å². The van der Waals surface area contributed by atoms with Gasteiger partial charge in [0.15, 0.2) is 0 Å². The summed E-state index contributed by atoms with van der Waals surface area (Å²) in [4.78, 5) is 0. The van der Waals surface area contributed by atoms with Gasteiger partial charge in [0.25, 0.3) is 0 Å². The maximum absolute atomic E-state index is 6.10. The first-order valence-electron chi connectivity index (χ1n) is 5.76. The lowest BCUT2D eigenvalue weighted by Gasteiger charge is -2.07. The van der Waals surface area contributed by atoms with Crippen LogP contribution in [0.15, 0.2) is 22.7 Å². The third-order valence-corrected chi connectivity index (χ3v) is 4.32. The molecule has 88 valence electrons. The Labute approximate surface area is 111 Å². The molecular formula is C13H17BrClN. The molecule has 2 rings (SSSR count). The molecule has 2 unspecified atom stereocenters. The smallest absolute Gasteiger partial charge is 0.0550 e. The lowest BCUT2D eigenvalue weighted by Crippen LogP contribution is -2.25. The predicted molar refractivity (Wildman–Crippen MR) is 73.1 cm³/mol. The van der Waals surface area contributed by atoms with Crippen LogP contribution in [0.4, 0.5) is 0 Å². The van der Waals surface area contributed by atoms with E-state index in [1.165, 1.54) is 12.0 Å². The Bertz CT molecular complexity index is 378. The molecule has 0 saturated heterocycles. The van der Waals surface area contributed by atoms with Crippen LogP contribution in [0.25, 0.3) is 0 Å². The second-order valence-electron chi connectivity index (χ2n) is 4.84. The summed E-state index contributed by atoms with van der Waals surface area (Å²) in [5, 5.41) is 4.31. The quantitative estimate of drug-likeness (QED) is 0.879. The lowest BCUT2D eigenvalue weighted by atomic mass is 10.1. The maximum atomic E-state index is 6.10. The summed E-state index contributed by atoms with van der Waals surface area (Å²) >= 11 is 9.52. The minimum absolute atomic E-state index is 0.578. The summed E-state index contributed by atoms with van der Waals surface area (Å²) in [6.45, 7) is 5.50. The van der Waals surface area contributed by atoms with Crippen molar-refractivity contribution in [3.63, 3.8) is 0 Å². The molecule has 0 spiro atoms. The van der Waals surface area contributed by atoms with E-state index in [2.05, 4.69) is 47.2 Å². The van der Waals surface area contributed by atoms with Crippen LogP contribution in [0.2, 0.25) is 5.02 Å². The van der Waals surface area contributed by atoms with Crippen molar-refractivity contribution in [1.29, 1.82) is 0 Å². The van der Waals surface area contributed by atoms with E-state index in [-0.39, 0.29) is 0 Å². The number of rotatable bonds is 4. The molecule has 1 N–H and O–H groups in total. The predicted octanol–water partition coefficient (Wildman–Crippen LogP) is 4.20. The van der Waals surface area contributed by atoms with Gasteiger partial charge in [-0.1, -0.05) is 31.5 Å². The topological polar surface area (TPSA) is 12.0 Å². The normalized spacial score (nSPS) is 23.8. The van der Waals surface area contributed by atoms with Crippen LogP contribution in [0, 0.1) is 5.92 Å². The van der Waals surface area contributed by atoms with Gasteiger partial charge in [0, 0.05) is 10.5 Å². The van der Waals surface area contributed by atoms with E-state index >= 15 is 0 Å². The van der Waals surface area contributed by atoms with Gasteiger partial charge in [-0.25, -0.2) is 0 Å². The van der Waals surface area contributed by atoms with Crippen LogP contribution in [0.1, 0.15) is 31.7 Å². The fraction of sp³-hybridized carbons (Fsp3) is 0.538. The number of benzene rings is 1. The number of hydrogen-bond acceptors (Lipinski definition) is 1. The molecule has 1 aliphatic rings. The average molecular weight is 303 g/mol. The molecule has 1 nitrogen and oxygen atoms in total. The monoisotopic (exact) mass is 301 g/mol. The molecule has 1 saturated carbocycles. The Kier molecular flexibility index (Phi) is 3.93. The van der Waals surface area contributed by atoms with Crippen LogP contribution in [-0.2, 0) is 0 Å². The van der Waals surface area contributed by atoms with Gasteiger partial charge in [0.05, 0.1) is 5.02 Å². The summed E-state index contributed by atoms with van der Waals surface area (Å²) in [5.41, 5.74) is 1.38. The Balaban J connectivity index is 1.93. The number of nitrogens with one attached hydrogen (secondary N) is 1. The van der Waals surface area contributed by atoms with Gasteiger partial charge in [-0.15, -0.1) is 0 Å². The lowest BCUT2D eigenvalue weighted by molar-refractivity contribution is 0.554. The van der Waals surface area contributed by atoms with Gasteiger partial charge in [0.1, 0.15) is 0 Å². The van der Waals surface area contributed by atoms with Gasteiger partial charge in [-0.05, 0) is 58.4 Å². The number of halogens is 2. The molecule has 1 aromatic carbocycles. The minimum atomic E-state index is 0.578. The minimum Gasteiger partial charge on any atom is -0.314 e. The van der Waals surface area contributed by atoms with Crippen molar-refractivity contribution in [3.05, 3.63) is 33.3 Å². The zero-order valence-corrected chi connectivity index (χ0v) is 12.0. The van der Waals surface area contributed by atoms with Crippen molar-refractivity contribution in [2.45, 2.75) is 32.2 Å². The molecule has 1 aromatic rings. The first-order valence-corrected chi connectivity index (χ1v) is 6.93. The molecule has 1 fully saturated rings. The van der Waals surface area contributed by atoms with Gasteiger partial charge in [-0.2, -0.15) is 0 Å². The van der Waals surface area contributed by atoms with Crippen molar-refractivity contribution >= 4 is 27.5 Å². The summed E-state index contributed by atoms with van der Waals surface area (Å²) < 4.78 is 0.982. The van der Waals surface area contributed by atoms with E-state index < -0.39 is 0 Å². The first-order chi connectivity index (χ1) is 7.58. The van der Waals surface area contributed by atoms with Crippen molar-refractivity contribution in [3.8, 4) is 0 Å². The van der Waals surface area contributed by atoms with E-state index in [0.29, 0.717) is 12.0 Å². The van der Waals surface area contributed by atoms with Gasteiger partial charge in [-0.3, -0.25) is 0 Å². The van der Waals surface area contributed by atoms with Crippen molar-refractivity contribution in [1.82, 2.24) is 5.32 Å². The molecule has 0 bridgehead atoms. The van der Waals surface area contributed by atoms with Crippen LogP contribution >= 0.6 is 27.5 Å². The van der Waals surface area contributed by atoms with E-state index in [4.69, 9.17) is 11.6 Å². The van der Waals surface area contributed by atoms with Crippen molar-refractivity contribution < 1.29 is 0 Å². The average Bonchev–Trinajstić information content (AvgIpc) is 2.98. The molecule has 0 amide bonds. The highest BCUT2D eigenvalue weighted by molar-refractivity contribution is 9.10. The SMILES string of the molecule is CC(C)NCC1CC1c1ccc(Br)c(Cl)c1. The van der Waals surface area contributed by atoms with Crippen LogP contribution in [-0.4, -0.2) is 12.6 Å². The summed E-state index contributed by atoms with van der Waals surface area (Å²) in [6, 6.07) is 6.89. The van der Waals surface area contributed by atoms with E-state index in [0.717, 1.165) is 22.0 Å². The molecule has 0 aliphatic heterocycles. The Morgan fingerprint density at radius 2 is 2.25 bits per heavy atom. The fourth-order valence-electron chi connectivity index (χ4n) is 2.01. The van der Waals surface area contributed by atoms with Gasteiger partial charge >= 0.3 is 0 Å². The van der Waals surface area contributed by atoms with E-state index in [9.17, 15) is 0 Å². The zero-order chi connectivity index (χ0) is 11.7. The highest BCUT2D eigenvalue weighted by Gasteiger charge is 2.37. The third-order valence-electron chi connectivity index (χ3n) is 3.08. The van der Waals surface area contributed by atoms with E-state index in [1.54, 1.807) is 0 Å². The third kappa shape index (κ3) is 2.99. The molecule has 1 aliphatic carbocycles. The molecule has 2 atom stereocenters. The van der Waals surface area contributed by atoms with Gasteiger partial charge in [0.2, 0.25) is 0 Å². The summed E-state index contributed by atoms with van der Waals surface area (Å²) in [7, 11) is 0. The first kappa shape index (κ1) is 12.4. The van der Waals surface area contributed by atoms with Crippen molar-refractivity contribution in [2.24, 2.45) is 5.92 Å². The summed E-state index contributed by atoms with van der Waals surface area (Å²) in [5.74, 6) is 1.50. The molecule has 16 heavy (non-hydrogen) atoms. The number of hydrogen-bond donors (Lipinski definition) is 1. The van der Waals surface area contributed by atoms with Gasteiger partial charge < -0.3 is 5.32 Å². The molecule has 0 radical (unpaired) electrons. The zero-order valence-electron chi connectivity index (χ0n) is 9.63. The summed E-state index contributed by atoms with van der Waals surface area (Å²) in [6.07, 6.45) is 1.29. The largest absolute Gasteiger partial charge is 0.314 e. The van der Waals surface area contributed by atoms with Crippen LogP contribution in [0.3, 0.4) is 0 Å².